The predicted molar refractivity (Wildman–Crippen MR) is 75.1 cm³/mol. The molecule has 0 radical (unpaired) electrons. The van der Waals surface area contributed by atoms with Crippen LogP contribution in [0.3, 0.4) is 0 Å². The van der Waals surface area contributed by atoms with Gasteiger partial charge < -0.3 is 10.5 Å². The highest BCUT2D eigenvalue weighted by atomic mass is 79.9. The van der Waals surface area contributed by atoms with Gasteiger partial charge in [0.25, 0.3) is 0 Å². The number of halogens is 1. The van der Waals surface area contributed by atoms with E-state index in [-0.39, 0.29) is 6.04 Å². The Balaban J connectivity index is 2.63. The number of benzene rings is 1. The Bertz CT molecular complexity index is 418. The van der Waals surface area contributed by atoms with Crippen LogP contribution in [0.5, 0.6) is 5.75 Å². The van der Waals surface area contributed by atoms with E-state index >= 15 is 0 Å². The lowest BCUT2D eigenvalue weighted by molar-refractivity contribution is 0.326. The number of hydrogen-bond donors (Lipinski definition) is 1. The van der Waals surface area contributed by atoms with Crippen molar-refractivity contribution in [2.24, 2.45) is 5.73 Å². The molecule has 0 fully saturated rings. The highest BCUT2D eigenvalue weighted by Gasteiger charge is 2.05. The summed E-state index contributed by atoms with van der Waals surface area (Å²) in [7, 11) is 0. The lowest BCUT2D eigenvalue weighted by Crippen LogP contribution is -2.18. The first-order chi connectivity index (χ1) is 8.13. The zero-order valence-electron chi connectivity index (χ0n) is 10.3. The molecule has 1 aromatic carbocycles. The van der Waals surface area contributed by atoms with Gasteiger partial charge in [-0.25, -0.2) is 0 Å². The normalized spacial score (nSPS) is 11.5. The lowest BCUT2D eigenvalue weighted by atomic mass is 10.1. The second-order valence-electron chi connectivity index (χ2n) is 3.96. The first-order valence-corrected chi connectivity index (χ1v) is 6.49. The van der Waals surface area contributed by atoms with E-state index in [1.54, 1.807) is 0 Å². The summed E-state index contributed by atoms with van der Waals surface area (Å²) in [6.07, 6.45) is 1.60. The van der Waals surface area contributed by atoms with E-state index in [0.717, 1.165) is 23.1 Å². The number of hydrogen-bond acceptors (Lipinski definition) is 2. The Morgan fingerprint density at radius 2 is 2.24 bits per heavy atom. The van der Waals surface area contributed by atoms with Crippen LogP contribution in [0.1, 0.15) is 25.8 Å². The molecule has 92 valence electrons. The van der Waals surface area contributed by atoms with Crippen LogP contribution in [0.2, 0.25) is 0 Å². The number of rotatable bonds is 5. The molecular weight excluding hydrogens is 278 g/mol. The summed E-state index contributed by atoms with van der Waals surface area (Å²) in [5, 5.41) is 0. The Kier molecular flexibility index (Phi) is 6.10. The lowest BCUT2D eigenvalue weighted by Gasteiger charge is -2.10. The summed E-state index contributed by atoms with van der Waals surface area (Å²) in [5.74, 6) is 6.70. The molecule has 17 heavy (non-hydrogen) atoms. The standard InChI is InChI=1S/C14H18BrNO/c1-3-4-5-8-17-13-6-7-14(15)12(10-13)9-11(2)16/h6-7,10-11H,5,8-9,16H2,1-2H3. The molecule has 0 aliphatic carbocycles. The fourth-order valence-corrected chi connectivity index (χ4v) is 1.90. The largest absolute Gasteiger partial charge is 0.493 e. The summed E-state index contributed by atoms with van der Waals surface area (Å²) in [6, 6.07) is 6.13. The second kappa shape index (κ2) is 7.37. The van der Waals surface area contributed by atoms with E-state index in [1.165, 1.54) is 5.56 Å². The molecule has 1 rings (SSSR count). The van der Waals surface area contributed by atoms with Gasteiger partial charge in [-0.3, -0.25) is 0 Å². The van der Waals surface area contributed by atoms with Crippen molar-refractivity contribution < 1.29 is 4.74 Å². The second-order valence-corrected chi connectivity index (χ2v) is 4.81. The van der Waals surface area contributed by atoms with Gasteiger partial charge in [0.05, 0.1) is 6.61 Å². The van der Waals surface area contributed by atoms with Crippen molar-refractivity contribution >= 4 is 15.9 Å². The van der Waals surface area contributed by atoms with Gasteiger partial charge in [0.1, 0.15) is 5.75 Å². The minimum absolute atomic E-state index is 0.146. The molecule has 0 heterocycles. The number of ether oxygens (including phenoxy) is 1. The van der Waals surface area contributed by atoms with E-state index < -0.39 is 0 Å². The molecule has 1 unspecified atom stereocenters. The van der Waals surface area contributed by atoms with Gasteiger partial charge in [-0.05, 0) is 44.0 Å². The van der Waals surface area contributed by atoms with E-state index in [4.69, 9.17) is 10.5 Å². The van der Waals surface area contributed by atoms with Crippen molar-refractivity contribution in [1.82, 2.24) is 0 Å². The predicted octanol–water partition coefficient (Wildman–Crippen LogP) is 3.13. The molecule has 0 saturated heterocycles. The third-order valence-corrected chi connectivity index (χ3v) is 3.01. The molecule has 0 aliphatic heterocycles. The molecule has 0 spiro atoms. The minimum atomic E-state index is 0.146. The Morgan fingerprint density at radius 1 is 1.47 bits per heavy atom. The molecule has 0 saturated carbocycles. The van der Waals surface area contributed by atoms with Crippen LogP contribution in [-0.4, -0.2) is 12.6 Å². The molecule has 0 aromatic heterocycles. The Labute approximate surface area is 112 Å². The van der Waals surface area contributed by atoms with Crippen molar-refractivity contribution in [3.8, 4) is 17.6 Å². The molecule has 2 N–H and O–H groups in total. The van der Waals surface area contributed by atoms with Gasteiger partial charge in [0.15, 0.2) is 0 Å². The summed E-state index contributed by atoms with van der Waals surface area (Å²) in [4.78, 5) is 0. The molecule has 0 bridgehead atoms. The van der Waals surface area contributed by atoms with Gasteiger partial charge >= 0.3 is 0 Å². The monoisotopic (exact) mass is 295 g/mol. The van der Waals surface area contributed by atoms with Gasteiger partial charge in [-0.1, -0.05) is 15.9 Å². The first kappa shape index (κ1) is 14.1. The fourth-order valence-electron chi connectivity index (χ4n) is 1.49. The maximum atomic E-state index is 5.80. The van der Waals surface area contributed by atoms with Crippen LogP contribution < -0.4 is 10.5 Å². The van der Waals surface area contributed by atoms with Crippen LogP contribution >= 0.6 is 15.9 Å². The van der Waals surface area contributed by atoms with Crippen LogP contribution in [0, 0.1) is 11.8 Å². The average molecular weight is 296 g/mol. The van der Waals surface area contributed by atoms with Crippen molar-refractivity contribution in [1.29, 1.82) is 0 Å². The van der Waals surface area contributed by atoms with Crippen molar-refractivity contribution in [2.45, 2.75) is 32.7 Å². The maximum absolute atomic E-state index is 5.80. The molecule has 3 heteroatoms. The van der Waals surface area contributed by atoms with E-state index in [2.05, 4.69) is 27.8 Å². The molecular formula is C14H18BrNO. The first-order valence-electron chi connectivity index (χ1n) is 5.70. The summed E-state index contributed by atoms with van der Waals surface area (Å²) >= 11 is 3.52. The minimum Gasteiger partial charge on any atom is -0.493 e. The van der Waals surface area contributed by atoms with Crippen molar-refractivity contribution in [2.75, 3.05) is 6.61 Å². The molecule has 1 atom stereocenters. The number of nitrogens with two attached hydrogens (primary N) is 1. The highest BCUT2D eigenvalue weighted by Crippen LogP contribution is 2.23. The van der Waals surface area contributed by atoms with Gasteiger partial charge in [-0.15, -0.1) is 11.8 Å². The topological polar surface area (TPSA) is 35.2 Å². The summed E-state index contributed by atoms with van der Waals surface area (Å²) < 4.78 is 6.70. The van der Waals surface area contributed by atoms with Crippen LogP contribution in [0.15, 0.2) is 22.7 Å². The molecule has 0 aliphatic rings. The zero-order chi connectivity index (χ0) is 12.7. The average Bonchev–Trinajstić information content (AvgIpc) is 2.28. The Morgan fingerprint density at radius 3 is 2.88 bits per heavy atom. The van der Waals surface area contributed by atoms with Crippen LogP contribution in [0.4, 0.5) is 0 Å². The highest BCUT2D eigenvalue weighted by molar-refractivity contribution is 9.10. The molecule has 1 aromatic rings. The van der Waals surface area contributed by atoms with Crippen molar-refractivity contribution in [3.05, 3.63) is 28.2 Å². The van der Waals surface area contributed by atoms with Gasteiger partial charge in [0.2, 0.25) is 0 Å². The fraction of sp³-hybridized carbons (Fsp3) is 0.429. The van der Waals surface area contributed by atoms with E-state index in [9.17, 15) is 0 Å². The third-order valence-electron chi connectivity index (χ3n) is 2.23. The van der Waals surface area contributed by atoms with Crippen LogP contribution in [0.25, 0.3) is 0 Å². The quantitative estimate of drug-likeness (QED) is 0.669. The van der Waals surface area contributed by atoms with E-state index in [1.807, 2.05) is 32.0 Å². The maximum Gasteiger partial charge on any atom is 0.119 e. The zero-order valence-corrected chi connectivity index (χ0v) is 11.9. The molecule has 2 nitrogen and oxygen atoms in total. The van der Waals surface area contributed by atoms with Gasteiger partial charge in [0, 0.05) is 16.9 Å². The summed E-state index contributed by atoms with van der Waals surface area (Å²) in [5.41, 5.74) is 6.98. The molecule has 0 amide bonds. The third kappa shape index (κ3) is 5.25. The van der Waals surface area contributed by atoms with Gasteiger partial charge in [-0.2, -0.15) is 0 Å². The Hall–Kier alpha value is -0.980. The summed E-state index contributed by atoms with van der Waals surface area (Å²) in [6.45, 7) is 4.46. The van der Waals surface area contributed by atoms with E-state index in [0.29, 0.717) is 6.61 Å². The van der Waals surface area contributed by atoms with Crippen molar-refractivity contribution in [3.63, 3.8) is 0 Å². The smallest absolute Gasteiger partial charge is 0.119 e. The SMILES string of the molecule is CC#CCCOc1ccc(Br)c(CC(C)N)c1. The van der Waals surface area contributed by atoms with Crippen LogP contribution in [-0.2, 0) is 6.42 Å².